The number of halogens is 2. The summed E-state index contributed by atoms with van der Waals surface area (Å²) in [4.78, 5) is 15.3. The molecule has 0 atom stereocenters. The van der Waals surface area contributed by atoms with Gasteiger partial charge in [0.15, 0.2) is 0 Å². The van der Waals surface area contributed by atoms with Crippen LogP contribution in [-0.4, -0.2) is 17.6 Å². The number of ether oxygens (including phenoxy) is 1. The topological polar surface area (TPSA) is 39.2 Å². The molecule has 0 aromatic carbocycles. The van der Waals surface area contributed by atoms with Gasteiger partial charge < -0.3 is 4.74 Å². The highest BCUT2D eigenvalue weighted by molar-refractivity contribution is 9.13. The van der Waals surface area contributed by atoms with Gasteiger partial charge in [0.25, 0.3) is 0 Å². The molecule has 0 aliphatic carbocycles. The lowest BCUT2D eigenvalue weighted by Crippen LogP contribution is -2.09. The minimum atomic E-state index is -0.265. The quantitative estimate of drug-likeness (QED) is 0.803. The lowest BCUT2D eigenvalue weighted by molar-refractivity contribution is -0.142. The first-order chi connectivity index (χ1) is 6.65. The molecule has 1 rings (SSSR count). The van der Waals surface area contributed by atoms with E-state index in [1.54, 1.807) is 19.2 Å². The normalized spacial score (nSPS) is 9.93. The van der Waals surface area contributed by atoms with Crippen LogP contribution in [0.25, 0.3) is 0 Å². The lowest BCUT2D eigenvalue weighted by atomic mass is 10.3. The summed E-state index contributed by atoms with van der Waals surface area (Å²) in [6.45, 7) is 2.17. The highest BCUT2D eigenvalue weighted by Gasteiger charge is 2.10. The average Bonchev–Trinajstić information content (AvgIpc) is 2.13. The third-order valence-corrected chi connectivity index (χ3v) is 3.61. The fourth-order valence-corrected chi connectivity index (χ4v) is 1.65. The molecule has 0 spiro atoms. The zero-order chi connectivity index (χ0) is 10.6. The predicted molar refractivity (Wildman–Crippen MR) is 60.0 cm³/mol. The number of hydrogen-bond acceptors (Lipinski definition) is 3. The van der Waals surface area contributed by atoms with Gasteiger partial charge >= 0.3 is 5.97 Å². The van der Waals surface area contributed by atoms with E-state index in [0.717, 1.165) is 8.95 Å². The Morgan fingerprint density at radius 3 is 2.93 bits per heavy atom. The van der Waals surface area contributed by atoms with E-state index in [1.807, 2.05) is 0 Å². The van der Waals surface area contributed by atoms with Gasteiger partial charge in [-0.1, -0.05) is 0 Å². The Bertz CT molecular complexity index is 342. The zero-order valence-electron chi connectivity index (χ0n) is 7.59. The van der Waals surface area contributed by atoms with E-state index in [2.05, 4.69) is 36.8 Å². The Hall–Kier alpha value is -0.420. The van der Waals surface area contributed by atoms with Crippen LogP contribution in [0.15, 0.2) is 21.2 Å². The van der Waals surface area contributed by atoms with Crippen LogP contribution in [0.5, 0.6) is 0 Å². The van der Waals surface area contributed by atoms with Crippen LogP contribution in [0.2, 0.25) is 0 Å². The summed E-state index contributed by atoms with van der Waals surface area (Å²) in [6, 6.07) is 1.80. The van der Waals surface area contributed by atoms with Gasteiger partial charge in [-0.3, -0.25) is 9.78 Å². The molecule has 0 aliphatic rings. The van der Waals surface area contributed by atoms with Gasteiger partial charge in [0, 0.05) is 10.7 Å². The third-order valence-electron chi connectivity index (χ3n) is 1.53. The predicted octanol–water partition coefficient (Wildman–Crippen LogP) is 2.71. The van der Waals surface area contributed by atoms with E-state index in [-0.39, 0.29) is 12.4 Å². The first-order valence-corrected chi connectivity index (χ1v) is 5.68. The van der Waals surface area contributed by atoms with Crippen LogP contribution in [-0.2, 0) is 16.0 Å². The van der Waals surface area contributed by atoms with Crippen LogP contribution in [0.1, 0.15) is 12.6 Å². The number of nitrogens with zero attached hydrogens (tertiary/aromatic N) is 1. The van der Waals surface area contributed by atoms with Crippen LogP contribution in [0.3, 0.4) is 0 Å². The molecule has 14 heavy (non-hydrogen) atoms. The maximum absolute atomic E-state index is 11.2. The molecule has 76 valence electrons. The number of pyridine rings is 1. The Morgan fingerprint density at radius 1 is 1.57 bits per heavy atom. The van der Waals surface area contributed by atoms with Gasteiger partial charge in [-0.25, -0.2) is 0 Å². The minimum absolute atomic E-state index is 0.188. The molecule has 5 heteroatoms. The second-order valence-corrected chi connectivity index (χ2v) is 4.18. The van der Waals surface area contributed by atoms with Crippen LogP contribution < -0.4 is 0 Å². The van der Waals surface area contributed by atoms with Crippen molar-refractivity contribution in [2.24, 2.45) is 0 Å². The van der Waals surface area contributed by atoms with Crippen molar-refractivity contribution in [2.75, 3.05) is 6.61 Å². The highest BCUT2D eigenvalue weighted by Crippen LogP contribution is 2.25. The van der Waals surface area contributed by atoms with Crippen molar-refractivity contribution in [2.45, 2.75) is 13.3 Å². The number of rotatable bonds is 3. The van der Waals surface area contributed by atoms with E-state index in [9.17, 15) is 4.79 Å². The van der Waals surface area contributed by atoms with Crippen molar-refractivity contribution in [3.63, 3.8) is 0 Å². The monoisotopic (exact) mass is 321 g/mol. The number of esters is 1. The van der Waals surface area contributed by atoms with Gasteiger partial charge in [-0.05, 0) is 44.8 Å². The Kier molecular flexibility index (Phi) is 4.54. The second kappa shape index (κ2) is 5.46. The molecule has 1 heterocycles. The Labute approximate surface area is 99.1 Å². The molecule has 0 aliphatic heterocycles. The van der Waals surface area contributed by atoms with Crippen LogP contribution in [0, 0.1) is 0 Å². The van der Waals surface area contributed by atoms with Crippen molar-refractivity contribution in [3.05, 3.63) is 26.9 Å². The minimum Gasteiger partial charge on any atom is -0.466 e. The summed E-state index contributed by atoms with van der Waals surface area (Å²) in [5, 5.41) is 0. The Morgan fingerprint density at radius 2 is 2.29 bits per heavy atom. The molecule has 1 aromatic heterocycles. The molecule has 0 N–H and O–H groups in total. The van der Waals surface area contributed by atoms with Crippen LogP contribution >= 0.6 is 31.9 Å². The highest BCUT2D eigenvalue weighted by atomic mass is 79.9. The molecule has 3 nitrogen and oxygen atoms in total. The number of carbonyl (C=O) groups is 1. The first kappa shape index (κ1) is 11.7. The Balaban J connectivity index is 2.76. The molecule has 0 amide bonds. The zero-order valence-corrected chi connectivity index (χ0v) is 10.8. The van der Waals surface area contributed by atoms with E-state index >= 15 is 0 Å². The van der Waals surface area contributed by atoms with Gasteiger partial charge in [-0.2, -0.15) is 0 Å². The summed E-state index contributed by atoms with van der Waals surface area (Å²) < 4.78 is 6.51. The second-order valence-electron chi connectivity index (χ2n) is 2.54. The molecule has 0 unspecified atom stereocenters. The van der Waals surface area contributed by atoms with E-state index < -0.39 is 0 Å². The van der Waals surface area contributed by atoms with Crippen molar-refractivity contribution in [1.82, 2.24) is 4.98 Å². The number of hydrogen-bond donors (Lipinski definition) is 0. The fraction of sp³-hybridized carbons (Fsp3) is 0.333. The van der Waals surface area contributed by atoms with Gasteiger partial charge in [-0.15, -0.1) is 0 Å². The smallest absolute Gasteiger partial charge is 0.311 e. The maximum Gasteiger partial charge on any atom is 0.311 e. The first-order valence-electron chi connectivity index (χ1n) is 4.09. The summed E-state index contributed by atoms with van der Waals surface area (Å²) >= 11 is 6.68. The average molecular weight is 323 g/mol. The largest absolute Gasteiger partial charge is 0.466 e. The molecule has 0 saturated carbocycles. The van der Waals surface area contributed by atoms with Crippen molar-refractivity contribution in [3.8, 4) is 0 Å². The van der Waals surface area contributed by atoms with Crippen molar-refractivity contribution >= 4 is 37.8 Å². The molecule has 0 radical (unpaired) electrons. The summed E-state index contributed by atoms with van der Waals surface area (Å²) in [7, 11) is 0. The molecule has 0 bridgehead atoms. The van der Waals surface area contributed by atoms with Crippen molar-refractivity contribution in [1.29, 1.82) is 0 Å². The van der Waals surface area contributed by atoms with Gasteiger partial charge in [0.05, 0.1) is 23.2 Å². The number of aromatic nitrogens is 1. The van der Waals surface area contributed by atoms with E-state index in [4.69, 9.17) is 4.74 Å². The third kappa shape index (κ3) is 3.06. The molecule has 0 saturated heterocycles. The number of carbonyl (C=O) groups excluding carboxylic acids is 1. The summed E-state index contributed by atoms with van der Waals surface area (Å²) in [6.07, 6.45) is 1.83. The van der Waals surface area contributed by atoms with Crippen LogP contribution in [0.4, 0.5) is 0 Å². The standard InChI is InChI=1S/C9H9Br2NO2/c1-2-14-8(13)5-7-9(11)6(10)3-4-12-7/h3-4H,2,5H2,1H3. The maximum atomic E-state index is 11.2. The fourth-order valence-electron chi connectivity index (χ4n) is 0.932. The molecule has 1 aromatic rings. The van der Waals surface area contributed by atoms with Gasteiger partial charge in [0.2, 0.25) is 0 Å². The van der Waals surface area contributed by atoms with E-state index in [0.29, 0.717) is 12.3 Å². The van der Waals surface area contributed by atoms with E-state index in [1.165, 1.54) is 0 Å². The molecular weight excluding hydrogens is 314 g/mol. The van der Waals surface area contributed by atoms with Crippen molar-refractivity contribution < 1.29 is 9.53 Å². The summed E-state index contributed by atoms with van der Waals surface area (Å²) in [5.74, 6) is -0.265. The van der Waals surface area contributed by atoms with Gasteiger partial charge in [0.1, 0.15) is 0 Å². The lowest BCUT2D eigenvalue weighted by Gasteiger charge is -2.04. The molecule has 0 fully saturated rings. The molecular formula is C9H9Br2NO2. The summed E-state index contributed by atoms with van der Waals surface area (Å²) in [5.41, 5.74) is 0.679. The SMILES string of the molecule is CCOC(=O)Cc1nccc(Br)c1Br.